The van der Waals surface area contributed by atoms with E-state index >= 15 is 0 Å². The first-order valence-electron chi connectivity index (χ1n) is 5.42. The van der Waals surface area contributed by atoms with Crippen LogP contribution in [0.2, 0.25) is 0 Å². The highest BCUT2D eigenvalue weighted by molar-refractivity contribution is 5.91. The van der Waals surface area contributed by atoms with Gasteiger partial charge in [-0.05, 0) is 0 Å². The number of carboxylic acids is 1. The van der Waals surface area contributed by atoms with E-state index in [1.807, 2.05) is 21.1 Å². The Morgan fingerprint density at radius 3 is 2.11 bits per heavy atom. The van der Waals surface area contributed by atoms with Gasteiger partial charge < -0.3 is 19.1 Å². The number of ether oxygens (including phenoxy) is 2. The van der Waals surface area contributed by atoms with Crippen LogP contribution in [0.4, 0.5) is 0 Å². The largest absolute Gasteiger partial charge is 0.481 e. The van der Waals surface area contributed by atoms with E-state index in [4.69, 9.17) is 9.84 Å². The van der Waals surface area contributed by atoms with Gasteiger partial charge in [0.1, 0.15) is 13.0 Å². The molecular formula is C11H20NO6+. The van der Waals surface area contributed by atoms with E-state index in [0.717, 1.165) is 7.11 Å². The molecule has 1 atom stereocenters. The number of nitrogens with zero attached hydrogens (tertiary/aromatic N) is 1. The highest BCUT2D eigenvalue weighted by Crippen LogP contribution is 2.06. The maximum absolute atomic E-state index is 11.4. The Bertz CT molecular complexity index is 320. The van der Waals surface area contributed by atoms with E-state index in [1.54, 1.807) is 0 Å². The van der Waals surface area contributed by atoms with Gasteiger partial charge in [0.15, 0.2) is 6.10 Å². The summed E-state index contributed by atoms with van der Waals surface area (Å²) in [4.78, 5) is 32.9. The molecule has 104 valence electrons. The molecule has 0 aliphatic carbocycles. The number of hydrogen-bond acceptors (Lipinski definition) is 5. The number of methoxy groups -OCH3 is 1. The summed E-state index contributed by atoms with van der Waals surface area (Å²) in [6.07, 6.45) is -1.56. The van der Waals surface area contributed by atoms with Gasteiger partial charge in [-0.2, -0.15) is 0 Å². The molecule has 0 aromatic rings. The second kappa shape index (κ2) is 6.95. The predicted octanol–water partition coefficient (Wildman–Crippen LogP) is -0.358. The molecule has 18 heavy (non-hydrogen) atoms. The molecular weight excluding hydrogens is 242 g/mol. The van der Waals surface area contributed by atoms with Crippen molar-refractivity contribution < 1.29 is 33.4 Å². The molecule has 0 aromatic heterocycles. The molecule has 0 saturated carbocycles. The third kappa shape index (κ3) is 8.51. The number of likely N-dealkylation sites (N-methyl/N-ethyl adjacent to an activating group) is 1. The normalized spacial score (nSPS) is 12.7. The molecule has 7 nitrogen and oxygen atoms in total. The van der Waals surface area contributed by atoms with Crippen LogP contribution in [0.1, 0.15) is 12.8 Å². The van der Waals surface area contributed by atoms with Gasteiger partial charge in [-0.25, -0.2) is 0 Å². The van der Waals surface area contributed by atoms with Crippen molar-refractivity contribution in [3.63, 3.8) is 0 Å². The molecule has 0 aromatic carbocycles. The first kappa shape index (κ1) is 16.4. The summed E-state index contributed by atoms with van der Waals surface area (Å²) in [6.45, 7) is 0.346. The Morgan fingerprint density at radius 2 is 1.72 bits per heavy atom. The number of carbonyl (C=O) groups is 3. The van der Waals surface area contributed by atoms with Crippen molar-refractivity contribution in [3.8, 4) is 0 Å². The standard InChI is InChI=1S/C11H19NO6/c1-12(2,3)7-8(5-9(13)14)18-11(16)6-10(15)17-4/h8H,5-7H2,1-4H3/p+1/t8-/m1/s1. The van der Waals surface area contributed by atoms with Crippen LogP contribution in [-0.4, -0.2) is 68.4 Å². The SMILES string of the molecule is COC(=O)CC(=O)O[C@H](CC(=O)O)C[N+](C)(C)C. The number of carbonyl (C=O) groups excluding carboxylic acids is 2. The number of rotatable bonds is 7. The van der Waals surface area contributed by atoms with Gasteiger partial charge in [-0.3, -0.25) is 14.4 Å². The van der Waals surface area contributed by atoms with Crippen molar-refractivity contribution in [2.45, 2.75) is 18.9 Å². The fourth-order valence-corrected chi connectivity index (χ4v) is 1.37. The molecule has 1 N–H and O–H groups in total. The quantitative estimate of drug-likeness (QED) is 0.383. The minimum atomic E-state index is -1.06. The first-order valence-corrected chi connectivity index (χ1v) is 5.42. The van der Waals surface area contributed by atoms with Crippen molar-refractivity contribution in [2.75, 3.05) is 34.8 Å². The molecule has 0 fully saturated rings. The molecule has 0 spiro atoms. The van der Waals surface area contributed by atoms with Crippen molar-refractivity contribution in [3.05, 3.63) is 0 Å². The third-order valence-corrected chi connectivity index (χ3v) is 1.97. The summed E-state index contributed by atoms with van der Waals surface area (Å²) in [5.41, 5.74) is 0. The van der Waals surface area contributed by atoms with Crippen LogP contribution in [0.15, 0.2) is 0 Å². The Balaban J connectivity index is 4.44. The highest BCUT2D eigenvalue weighted by atomic mass is 16.6. The summed E-state index contributed by atoms with van der Waals surface area (Å²) in [7, 11) is 6.71. The predicted molar refractivity (Wildman–Crippen MR) is 61.7 cm³/mol. The number of hydrogen-bond donors (Lipinski definition) is 1. The fraction of sp³-hybridized carbons (Fsp3) is 0.727. The zero-order chi connectivity index (χ0) is 14.3. The van der Waals surface area contributed by atoms with Crippen LogP contribution in [0, 0.1) is 0 Å². The molecule has 0 aliphatic rings. The summed E-state index contributed by atoms with van der Waals surface area (Å²) in [5.74, 6) is -2.54. The van der Waals surface area contributed by atoms with Gasteiger partial charge >= 0.3 is 17.9 Å². The van der Waals surface area contributed by atoms with Gasteiger partial charge in [0.05, 0.1) is 34.7 Å². The third-order valence-electron chi connectivity index (χ3n) is 1.97. The average molecular weight is 262 g/mol. The van der Waals surface area contributed by atoms with Gasteiger partial charge in [-0.1, -0.05) is 0 Å². The maximum atomic E-state index is 11.4. The molecule has 0 aliphatic heterocycles. The Hall–Kier alpha value is -1.63. The molecule has 0 saturated heterocycles. The topological polar surface area (TPSA) is 89.9 Å². The molecule has 0 heterocycles. The molecule has 0 amide bonds. The second-order valence-corrected chi connectivity index (χ2v) is 4.94. The van der Waals surface area contributed by atoms with Crippen molar-refractivity contribution in [1.82, 2.24) is 0 Å². The van der Waals surface area contributed by atoms with Crippen LogP contribution >= 0.6 is 0 Å². The molecule has 0 bridgehead atoms. The van der Waals surface area contributed by atoms with E-state index in [-0.39, 0.29) is 6.42 Å². The number of quaternary nitrogens is 1. The summed E-state index contributed by atoms with van der Waals surface area (Å²) >= 11 is 0. The van der Waals surface area contributed by atoms with Crippen LogP contribution in [0.25, 0.3) is 0 Å². The molecule has 7 heteroatoms. The Kier molecular flexibility index (Phi) is 6.32. The number of carboxylic acid groups (broad SMARTS) is 1. The van der Waals surface area contributed by atoms with Crippen LogP contribution < -0.4 is 0 Å². The Morgan fingerprint density at radius 1 is 1.17 bits per heavy atom. The minimum Gasteiger partial charge on any atom is -0.481 e. The summed E-state index contributed by atoms with van der Waals surface area (Å²) in [6, 6.07) is 0. The van der Waals surface area contributed by atoms with Crippen molar-refractivity contribution >= 4 is 17.9 Å². The van der Waals surface area contributed by atoms with E-state index in [1.165, 1.54) is 0 Å². The van der Waals surface area contributed by atoms with Crippen molar-refractivity contribution in [2.24, 2.45) is 0 Å². The van der Waals surface area contributed by atoms with E-state index in [2.05, 4.69) is 4.74 Å². The molecule has 0 unspecified atom stereocenters. The average Bonchev–Trinajstić information content (AvgIpc) is 2.12. The van der Waals surface area contributed by atoms with Crippen LogP contribution in [0.3, 0.4) is 0 Å². The minimum absolute atomic E-state index is 0.289. The lowest BCUT2D eigenvalue weighted by molar-refractivity contribution is -0.873. The Labute approximate surface area is 106 Å². The van der Waals surface area contributed by atoms with E-state index in [9.17, 15) is 14.4 Å². The highest BCUT2D eigenvalue weighted by Gasteiger charge is 2.25. The van der Waals surface area contributed by atoms with Gasteiger partial charge in [0, 0.05) is 0 Å². The maximum Gasteiger partial charge on any atom is 0.317 e. The first-order chi connectivity index (χ1) is 8.14. The van der Waals surface area contributed by atoms with E-state index in [0.29, 0.717) is 11.0 Å². The lowest BCUT2D eigenvalue weighted by Gasteiger charge is -2.28. The van der Waals surface area contributed by atoms with Crippen molar-refractivity contribution in [1.29, 1.82) is 0 Å². The lowest BCUT2D eigenvalue weighted by Crippen LogP contribution is -2.44. The van der Waals surface area contributed by atoms with Gasteiger partial charge in [0.2, 0.25) is 0 Å². The zero-order valence-electron chi connectivity index (χ0n) is 11.1. The zero-order valence-corrected chi connectivity index (χ0v) is 11.1. The number of esters is 2. The fourth-order valence-electron chi connectivity index (χ4n) is 1.37. The summed E-state index contributed by atoms with van der Waals surface area (Å²) < 4.78 is 9.75. The van der Waals surface area contributed by atoms with Gasteiger partial charge in [0.25, 0.3) is 0 Å². The molecule has 0 rings (SSSR count). The van der Waals surface area contributed by atoms with Gasteiger partial charge in [-0.15, -0.1) is 0 Å². The molecule has 0 radical (unpaired) electrons. The van der Waals surface area contributed by atoms with Crippen LogP contribution in [-0.2, 0) is 23.9 Å². The monoisotopic (exact) mass is 262 g/mol. The number of aliphatic carboxylic acids is 1. The summed E-state index contributed by atoms with van der Waals surface area (Å²) in [5, 5.41) is 8.73. The van der Waals surface area contributed by atoms with Crippen LogP contribution in [0.5, 0.6) is 0 Å². The van der Waals surface area contributed by atoms with E-state index < -0.39 is 30.4 Å². The lowest BCUT2D eigenvalue weighted by atomic mass is 10.2. The smallest absolute Gasteiger partial charge is 0.317 e. The second-order valence-electron chi connectivity index (χ2n) is 4.94.